The minimum atomic E-state index is -0.0627. The Labute approximate surface area is 123 Å². The number of nitrogens with zero attached hydrogens (tertiary/aromatic N) is 4. The first-order valence-corrected chi connectivity index (χ1v) is 6.76. The normalized spacial score (nSPS) is 11.0. The van der Waals surface area contributed by atoms with Gasteiger partial charge in [0, 0.05) is 39.1 Å². The highest BCUT2D eigenvalue weighted by Crippen LogP contribution is 2.10. The van der Waals surface area contributed by atoms with Gasteiger partial charge < -0.3 is 14.4 Å². The molecule has 0 aliphatic carbocycles. The Bertz CT molecular complexity index is 603. The van der Waals surface area contributed by atoms with Crippen LogP contribution in [0.2, 0.25) is 0 Å². The van der Waals surface area contributed by atoms with Crippen LogP contribution >= 0.6 is 0 Å². The van der Waals surface area contributed by atoms with Crippen molar-refractivity contribution in [2.24, 2.45) is 0 Å². The smallest absolute Gasteiger partial charge is 0.254 e. The summed E-state index contributed by atoms with van der Waals surface area (Å²) < 4.78 is 11.9. The van der Waals surface area contributed by atoms with E-state index in [4.69, 9.17) is 9.47 Å². The van der Waals surface area contributed by atoms with Crippen molar-refractivity contribution in [2.45, 2.75) is 6.92 Å². The number of hydrogen-bond acceptors (Lipinski definition) is 5. The van der Waals surface area contributed by atoms with Crippen LogP contribution in [0.5, 0.6) is 0 Å². The van der Waals surface area contributed by atoms with Gasteiger partial charge in [-0.1, -0.05) is 0 Å². The molecule has 0 aromatic carbocycles. The Morgan fingerprint density at radius 2 is 1.90 bits per heavy atom. The summed E-state index contributed by atoms with van der Waals surface area (Å²) in [5.41, 5.74) is 1.25. The average molecular weight is 292 g/mol. The molecular formula is C14H20N4O3. The molecule has 7 nitrogen and oxygen atoms in total. The van der Waals surface area contributed by atoms with E-state index in [-0.39, 0.29) is 5.91 Å². The third kappa shape index (κ3) is 3.56. The van der Waals surface area contributed by atoms with Crippen LogP contribution in [0.1, 0.15) is 16.2 Å². The number of aromatic nitrogens is 3. The molecule has 0 spiro atoms. The monoisotopic (exact) mass is 292 g/mol. The Morgan fingerprint density at radius 1 is 1.24 bits per heavy atom. The molecule has 0 fully saturated rings. The second kappa shape index (κ2) is 7.14. The molecule has 2 heterocycles. The van der Waals surface area contributed by atoms with E-state index in [1.807, 2.05) is 17.5 Å². The predicted molar refractivity (Wildman–Crippen MR) is 77.4 cm³/mol. The molecular weight excluding hydrogens is 272 g/mol. The maximum atomic E-state index is 12.6. The summed E-state index contributed by atoms with van der Waals surface area (Å²) in [7, 11) is 3.23. The Balaban J connectivity index is 2.19. The van der Waals surface area contributed by atoms with Gasteiger partial charge in [0.25, 0.3) is 5.91 Å². The molecule has 2 aromatic heterocycles. The van der Waals surface area contributed by atoms with Crippen LogP contribution in [0.4, 0.5) is 0 Å². The van der Waals surface area contributed by atoms with Gasteiger partial charge in [0.2, 0.25) is 0 Å². The van der Waals surface area contributed by atoms with Crippen molar-refractivity contribution in [2.75, 3.05) is 40.5 Å². The fourth-order valence-electron chi connectivity index (χ4n) is 2.04. The summed E-state index contributed by atoms with van der Waals surface area (Å²) in [6.07, 6.45) is 1.81. The standard InChI is InChI=1S/C14H20N4O3/c1-11-15-16-13-10-12(4-5-18(11)13)14(19)17(6-8-20-2)7-9-21-3/h4-5,10H,6-9H2,1-3H3. The van der Waals surface area contributed by atoms with E-state index in [1.54, 1.807) is 31.3 Å². The minimum Gasteiger partial charge on any atom is -0.383 e. The molecule has 0 N–H and O–H groups in total. The third-order valence-corrected chi connectivity index (χ3v) is 3.25. The Morgan fingerprint density at radius 3 is 2.52 bits per heavy atom. The van der Waals surface area contributed by atoms with Crippen molar-refractivity contribution >= 4 is 11.6 Å². The zero-order chi connectivity index (χ0) is 15.2. The van der Waals surface area contributed by atoms with Gasteiger partial charge in [0.15, 0.2) is 5.65 Å². The van der Waals surface area contributed by atoms with Crippen LogP contribution in [0, 0.1) is 6.92 Å². The lowest BCUT2D eigenvalue weighted by Gasteiger charge is -2.22. The van der Waals surface area contributed by atoms with E-state index < -0.39 is 0 Å². The molecule has 0 aliphatic rings. The molecule has 114 valence electrons. The van der Waals surface area contributed by atoms with Crippen molar-refractivity contribution in [1.82, 2.24) is 19.5 Å². The van der Waals surface area contributed by atoms with Crippen LogP contribution in [-0.2, 0) is 9.47 Å². The molecule has 0 bridgehead atoms. The van der Waals surface area contributed by atoms with Gasteiger partial charge in [0.1, 0.15) is 5.82 Å². The van der Waals surface area contributed by atoms with Gasteiger partial charge in [-0.15, -0.1) is 10.2 Å². The topological polar surface area (TPSA) is 69.0 Å². The fraction of sp³-hybridized carbons (Fsp3) is 0.500. The molecule has 2 aromatic rings. The SMILES string of the molecule is COCCN(CCOC)C(=O)c1ccn2c(C)nnc2c1. The maximum absolute atomic E-state index is 12.6. The number of carbonyl (C=O) groups is 1. The zero-order valence-electron chi connectivity index (χ0n) is 12.6. The van der Waals surface area contributed by atoms with Gasteiger partial charge >= 0.3 is 0 Å². The quantitative estimate of drug-likeness (QED) is 0.754. The first-order valence-electron chi connectivity index (χ1n) is 6.76. The van der Waals surface area contributed by atoms with Crippen LogP contribution in [0.15, 0.2) is 18.3 Å². The van der Waals surface area contributed by atoms with Crippen LogP contribution < -0.4 is 0 Å². The number of methoxy groups -OCH3 is 2. The number of ether oxygens (including phenoxy) is 2. The van der Waals surface area contributed by atoms with E-state index >= 15 is 0 Å². The highest BCUT2D eigenvalue weighted by Gasteiger charge is 2.16. The maximum Gasteiger partial charge on any atom is 0.254 e. The number of hydrogen-bond donors (Lipinski definition) is 0. The Hall–Kier alpha value is -1.99. The van der Waals surface area contributed by atoms with E-state index in [1.165, 1.54) is 0 Å². The third-order valence-electron chi connectivity index (χ3n) is 3.25. The number of amides is 1. The molecule has 1 amide bonds. The zero-order valence-corrected chi connectivity index (χ0v) is 12.6. The summed E-state index contributed by atoms with van der Waals surface area (Å²) in [5.74, 6) is 0.729. The van der Waals surface area contributed by atoms with E-state index in [0.717, 1.165) is 5.82 Å². The van der Waals surface area contributed by atoms with Gasteiger partial charge in [-0.05, 0) is 19.1 Å². The molecule has 7 heteroatoms. The lowest BCUT2D eigenvalue weighted by Crippen LogP contribution is -2.36. The number of rotatable bonds is 7. The van der Waals surface area contributed by atoms with Crippen molar-refractivity contribution in [3.63, 3.8) is 0 Å². The predicted octanol–water partition coefficient (Wildman–Crippen LogP) is 0.773. The minimum absolute atomic E-state index is 0.0627. The first-order chi connectivity index (χ1) is 10.2. The van der Waals surface area contributed by atoms with E-state index in [2.05, 4.69) is 10.2 Å². The van der Waals surface area contributed by atoms with E-state index in [0.29, 0.717) is 37.5 Å². The second-order valence-electron chi connectivity index (χ2n) is 4.67. The molecule has 0 radical (unpaired) electrons. The van der Waals surface area contributed by atoms with Gasteiger partial charge in [-0.2, -0.15) is 0 Å². The summed E-state index contributed by atoms with van der Waals surface area (Å²) >= 11 is 0. The molecule has 0 saturated carbocycles. The second-order valence-corrected chi connectivity index (χ2v) is 4.67. The van der Waals surface area contributed by atoms with E-state index in [9.17, 15) is 4.79 Å². The van der Waals surface area contributed by atoms with Crippen LogP contribution in [0.3, 0.4) is 0 Å². The van der Waals surface area contributed by atoms with Crippen LogP contribution in [-0.4, -0.2) is 65.9 Å². The average Bonchev–Trinajstić information content (AvgIpc) is 2.88. The fourth-order valence-corrected chi connectivity index (χ4v) is 2.04. The van der Waals surface area contributed by atoms with Crippen LogP contribution in [0.25, 0.3) is 5.65 Å². The largest absolute Gasteiger partial charge is 0.383 e. The molecule has 2 rings (SSSR count). The number of pyridine rings is 1. The first kappa shape index (κ1) is 15.4. The number of carbonyl (C=O) groups excluding carboxylic acids is 1. The number of aryl methyl sites for hydroxylation is 1. The highest BCUT2D eigenvalue weighted by molar-refractivity contribution is 5.95. The van der Waals surface area contributed by atoms with Crippen molar-refractivity contribution in [3.05, 3.63) is 29.7 Å². The summed E-state index contributed by atoms with van der Waals surface area (Å²) in [5, 5.41) is 8.03. The summed E-state index contributed by atoms with van der Waals surface area (Å²) in [6, 6.07) is 3.52. The summed E-state index contributed by atoms with van der Waals surface area (Å²) in [6.45, 7) is 3.89. The van der Waals surface area contributed by atoms with Crippen molar-refractivity contribution in [3.8, 4) is 0 Å². The highest BCUT2D eigenvalue weighted by atomic mass is 16.5. The number of fused-ring (bicyclic) bond motifs is 1. The Kier molecular flexibility index (Phi) is 5.24. The van der Waals surface area contributed by atoms with Crippen molar-refractivity contribution < 1.29 is 14.3 Å². The summed E-state index contributed by atoms with van der Waals surface area (Å²) in [4.78, 5) is 14.3. The molecule has 0 saturated heterocycles. The van der Waals surface area contributed by atoms with Gasteiger partial charge in [-0.3, -0.25) is 9.20 Å². The molecule has 0 unspecified atom stereocenters. The van der Waals surface area contributed by atoms with Crippen molar-refractivity contribution in [1.29, 1.82) is 0 Å². The lowest BCUT2D eigenvalue weighted by molar-refractivity contribution is 0.0627. The molecule has 21 heavy (non-hydrogen) atoms. The molecule has 0 atom stereocenters. The molecule has 0 aliphatic heterocycles. The van der Waals surface area contributed by atoms with Gasteiger partial charge in [-0.25, -0.2) is 0 Å². The van der Waals surface area contributed by atoms with Gasteiger partial charge in [0.05, 0.1) is 13.2 Å². The lowest BCUT2D eigenvalue weighted by atomic mass is 10.2.